The lowest BCUT2D eigenvalue weighted by Gasteiger charge is -2.11. The van der Waals surface area contributed by atoms with Gasteiger partial charge in [0.2, 0.25) is 0 Å². The van der Waals surface area contributed by atoms with Crippen LogP contribution in [0.1, 0.15) is 11.3 Å². The van der Waals surface area contributed by atoms with E-state index in [2.05, 4.69) is 26.3 Å². The minimum Gasteiger partial charge on any atom is -0.362 e. The summed E-state index contributed by atoms with van der Waals surface area (Å²) < 4.78 is 0. The number of carbonyl (C=O) groups is 2. The highest BCUT2D eigenvalue weighted by Crippen LogP contribution is 2.35. The molecule has 3 amide bonds. The molecule has 0 fully saturated rings. The smallest absolute Gasteiger partial charge is 0.323 e. The van der Waals surface area contributed by atoms with E-state index < -0.39 is 0 Å². The molecule has 0 saturated carbocycles. The first-order valence-corrected chi connectivity index (χ1v) is 10.9. The van der Waals surface area contributed by atoms with Crippen LogP contribution in [-0.2, 0) is 4.79 Å². The predicted octanol–water partition coefficient (Wildman–Crippen LogP) is 6.55. The highest BCUT2D eigenvalue weighted by atomic mass is 35.5. The van der Waals surface area contributed by atoms with E-state index in [-0.39, 0.29) is 11.9 Å². The molecule has 0 bridgehead atoms. The summed E-state index contributed by atoms with van der Waals surface area (Å²) in [6.07, 6.45) is 3.65. The van der Waals surface area contributed by atoms with Gasteiger partial charge >= 0.3 is 6.03 Å². The molecule has 7 nitrogen and oxygen atoms in total. The first-order valence-electron chi connectivity index (χ1n) is 10.5. The quantitative estimate of drug-likeness (QED) is 0.214. The van der Waals surface area contributed by atoms with Crippen LogP contribution < -0.4 is 21.3 Å². The Morgan fingerprint density at radius 1 is 0.824 bits per heavy atom. The summed E-state index contributed by atoms with van der Waals surface area (Å²) in [7, 11) is 0. The molecule has 2 heterocycles. The number of amides is 3. The van der Waals surface area contributed by atoms with Gasteiger partial charge in [0.25, 0.3) is 5.91 Å². The van der Waals surface area contributed by atoms with Crippen LogP contribution in [0.3, 0.4) is 0 Å². The maximum absolute atomic E-state index is 12.5. The summed E-state index contributed by atoms with van der Waals surface area (Å²) >= 11 is 5.96. The topological polar surface area (TPSA) is 98.0 Å². The molecule has 5 N–H and O–H groups in total. The number of nitrogens with one attached hydrogen (secondary N) is 5. The van der Waals surface area contributed by atoms with Crippen molar-refractivity contribution in [3.63, 3.8) is 0 Å². The second-order valence-electron chi connectivity index (χ2n) is 7.69. The van der Waals surface area contributed by atoms with E-state index in [1.165, 1.54) is 0 Å². The van der Waals surface area contributed by atoms with Crippen LogP contribution in [0.5, 0.6) is 0 Å². The number of urea groups is 1. The van der Waals surface area contributed by atoms with Crippen LogP contribution in [0.25, 0.3) is 11.6 Å². The van der Waals surface area contributed by atoms with Gasteiger partial charge in [0.1, 0.15) is 0 Å². The lowest BCUT2D eigenvalue weighted by Crippen LogP contribution is -2.19. The van der Waals surface area contributed by atoms with Crippen LogP contribution in [0.4, 0.5) is 33.2 Å². The highest BCUT2D eigenvalue weighted by molar-refractivity contribution is 6.35. The van der Waals surface area contributed by atoms with Gasteiger partial charge in [-0.2, -0.15) is 0 Å². The summed E-state index contributed by atoms with van der Waals surface area (Å²) in [4.78, 5) is 27.9. The number of rotatable bonds is 5. The van der Waals surface area contributed by atoms with Crippen molar-refractivity contribution in [2.75, 3.05) is 21.3 Å². The van der Waals surface area contributed by atoms with Gasteiger partial charge in [-0.1, -0.05) is 29.8 Å². The van der Waals surface area contributed by atoms with Gasteiger partial charge in [0.15, 0.2) is 0 Å². The number of halogens is 1. The Morgan fingerprint density at radius 3 is 2.32 bits per heavy atom. The van der Waals surface area contributed by atoms with Crippen LogP contribution in [0, 0.1) is 0 Å². The predicted molar refractivity (Wildman–Crippen MR) is 138 cm³/mol. The number of anilines is 5. The van der Waals surface area contributed by atoms with E-state index >= 15 is 0 Å². The van der Waals surface area contributed by atoms with E-state index in [1.807, 2.05) is 60.8 Å². The zero-order valence-corrected chi connectivity index (χ0v) is 18.6. The third-order valence-corrected chi connectivity index (χ3v) is 5.45. The van der Waals surface area contributed by atoms with Gasteiger partial charge in [-0.25, -0.2) is 4.79 Å². The number of H-pyrrole nitrogens is 1. The number of aromatic amines is 1. The molecule has 0 spiro atoms. The van der Waals surface area contributed by atoms with Crippen molar-refractivity contribution in [3.05, 3.63) is 101 Å². The monoisotopic (exact) mass is 469 g/mol. The Hall–Kier alpha value is -4.49. The average molecular weight is 470 g/mol. The van der Waals surface area contributed by atoms with Gasteiger partial charge in [-0.05, 0) is 66.7 Å². The van der Waals surface area contributed by atoms with E-state index in [1.54, 1.807) is 30.3 Å². The SMILES string of the molecule is O=C(Nc1cccc(Cl)c1)Nc1cccc(Nc2ccc3c(c2)NC(=O)/C3=C/c2ccc[nH]2)c1. The number of benzene rings is 3. The second kappa shape index (κ2) is 9.17. The van der Waals surface area contributed by atoms with E-state index in [0.29, 0.717) is 22.0 Å². The Morgan fingerprint density at radius 2 is 1.56 bits per heavy atom. The number of hydrogen-bond acceptors (Lipinski definition) is 3. The second-order valence-corrected chi connectivity index (χ2v) is 8.13. The van der Waals surface area contributed by atoms with E-state index in [0.717, 1.165) is 28.3 Å². The van der Waals surface area contributed by atoms with Crippen LogP contribution in [0.2, 0.25) is 5.02 Å². The highest BCUT2D eigenvalue weighted by Gasteiger charge is 2.24. The molecular weight excluding hydrogens is 450 g/mol. The molecule has 3 aromatic carbocycles. The lowest BCUT2D eigenvalue weighted by molar-refractivity contribution is -0.110. The molecule has 1 aromatic heterocycles. The Balaban J connectivity index is 1.28. The molecule has 0 saturated heterocycles. The number of carbonyl (C=O) groups excluding carboxylic acids is 2. The Labute approximate surface area is 200 Å². The molecule has 34 heavy (non-hydrogen) atoms. The minimum atomic E-state index is -0.374. The van der Waals surface area contributed by atoms with Crippen molar-refractivity contribution in [1.29, 1.82) is 0 Å². The largest absolute Gasteiger partial charge is 0.362 e. The van der Waals surface area contributed by atoms with Crippen LogP contribution >= 0.6 is 11.6 Å². The third-order valence-electron chi connectivity index (χ3n) is 5.22. The molecule has 0 aliphatic carbocycles. The van der Waals surface area contributed by atoms with E-state index in [4.69, 9.17) is 11.6 Å². The Bertz CT molecular complexity index is 1410. The molecule has 8 heteroatoms. The fourth-order valence-corrected chi connectivity index (χ4v) is 3.90. The molecule has 0 unspecified atom stereocenters. The Kier molecular flexibility index (Phi) is 5.76. The van der Waals surface area contributed by atoms with E-state index in [9.17, 15) is 9.59 Å². The van der Waals surface area contributed by atoms with Gasteiger partial charge in [0, 0.05) is 45.2 Å². The first kappa shape index (κ1) is 21.4. The fourth-order valence-electron chi connectivity index (χ4n) is 3.71. The van der Waals surface area contributed by atoms with Gasteiger partial charge in [-0.3, -0.25) is 4.79 Å². The zero-order valence-electron chi connectivity index (χ0n) is 17.9. The molecule has 4 aromatic rings. The summed E-state index contributed by atoms with van der Waals surface area (Å²) in [6.45, 7) is 0. The summed E-state index contributed by atoms with van der Waals surface area (Å²) in [5.41, 5.74) is 5.87. The standard InChI is InChI=1S/C26H20ClN5O2/c27-16-4-1-5-18(12-16)30-26(34)31-20-7-2-6-19(13-20)29-21-9-10-22-23(14-17-8-3-11-28-17)25(33)32-24(22)15-21/h1-15,28-29H,(H,32,33)(H2,30,31,34)/b23-14+. The molecule has 1 aliphatic rings. The average Bonchev–Trinajstić information content (AvgIpc) is 3.42. The molecular formula is C26H20ClN5O2. The van der Waals surface area contributed by atoms with Crippen molar-refractivity contribution in [3.8, 4) is 0 Å². The van der Waals surface area contributed by atoms with Gasteiger partial charge in [0.05, 0.1) is 11.3 Å². The van der Waals surface area contributed by atoms with Gasteiger partial charge < -0.3 is 26.3 Å². The number of hydrogen-bond donors (Lipinski definition) is 5. The normalized spacial score (nSPS) is 13.3. The molecule has 0 atom stereocenters. The molecule has 0 radical (unpaired) electrons. The number of aromatic nitrogens is 1. The molecule has 1 aliphatic heterocycles. The summed E-state index contributed by atoms with van der Waals surface area (Å²) in [5, 5.41) is 12.3. The lowest BCUT2D eigenvalue weighted by atomic mass is 10.1. The maximum atomic E-state index is 12.5. The van der Waals surface area contributed by atoms with Crippen LogP contribution in [0.15, 0.2) is 85.1 Å². The number of fused-ring (bicyclic) bond motifs is 1. The first-order chi connectivity index (χ1) is 16.5. The van der Waals surface area contributed by atoms with Crippen LogP contribution in [-0.4, -0.2) is 16.9 Å². The molecule has 5 rings (SSSR count). The fraction of sp³-hybridized carbons (Fsp3) is 0. The van der Waals surface area contributed by atoms with Crippen molar-refractivity contribution in [2.45, 2.75) is 0 Å². The summed E-state index contributed by atoms with van der Waals surface area (Å²) in [6, 6.07) is 23.4. The maximum Gasteiger partial charge on any atom is 0.323 e. The summed E-state index contributed by atoms with van der Waals surface area (Å²) in [5.74, 6) is -0.140. The van der Waals surface area contributed by atoms with Crippen molar-refractivity contribution in [2.24, 2.45) is 0 Å². The minimum absolute atomic E-state index is 0.140. The van der Waals surface area contributed by atoms with Crippen molar-refractivity contribution < 1.29 is 9.59 Å². The van der Waals surface area contributed by atoms with Gasteiger partial charge in [-0.15, -0.1) is 0 Å². The van der Waals surface area contributed by atoms with Crippen molar-refractivity contribution in [1.82, 2.24) is 4.98 Å². The third kappa shape index (κ3) is 4.79. The van der Waals surface area contributed by atoms with Crippen molar-refractivity contribution >= 4 is 63.6 Å². The molecule has 168 valence electrons. The zero-order chi connectivity index (χ0) is 23.5.